The lowest BCUT2D eigenvalue weighted by Gasteiger charge is -2.15. The summed E-state index contributed by atoms with van der Waals surface area (Å²) in [4.78, 5) is 15.2. The van der Waals surface area contributed by atoms with Crippen molar-refractivity contribution in [1.29, 1.82) is 0 Å². The van der Waals surface area contributed by atoms with E-state index in [1.165, 1.54) is 5.56 Å². The fourth-order valence-electron chi connectivity index (χ4n) is 2.12. The second-order valence-electron chi connectivity index (χ2n) is 4.72. The van der Waals surface area contributed by atoms with Crippen molar-refractivity contribution in [2.45, 2.75) is 6.92 Å². The highest BCUT2D eigenvalue weighted by molar-refractivity contribution is 5.63. The Morgan fingerprint density at radius 2 is 2.05 bits per heavy atom. The summed E-state index contributed by atoms with van der Waals surface area (Å²) >= 11 is 0. The van der Waals surface area contributed by atoms with E-state index in [9.17, 15) is 0 Å². The molecule has 0 bridgehead atoms. The Hall–Kier alpha value is -2.43. The Bertz CT molecular complexity index is 697. The summed E-state index contributed by atoms with van der Waals surface area (Å²) in [6, 6.07) is 3.94. The van der Waals surface area contributed by atoms with E-state index in [1.807, 2.05) is 37.0 Å². The number of hydrogen-bond acceptors (Lipinski definition) is 4. The number of imidazole rings is 1. The van der Waals surface area contributed by atoms with Crippen molar-refractivity contribution >= 4 is 11.3 Å². The van der Waals surface area contributed by atoms with Crippen LogP contribution in [0.3, 0.4) is 0 Å². The molecule has 3 heterocycles. The first kappa shape index (κ1) is 11.6. The van der Waals surface area contributed by atoms with Crippen molar-refractivity contribution in [3.63, 3.8) is 0 Å². The highest BCUT2D eigenvalue weighted by Gasteiger charge is 2.08. The third kappa shape index (κ3) is 2.03. The zero-order chi connectivity index (χ0) is 13.4. The van der Waals surface area contributed by atoms with Crippen molar-refractivity contribution in [2.75, 3.05) is 19.0 Å². The first-order chi connectivity index (χ1) is 9.15. The van der Waals surface area contributed by atoms with Gasteiger partial charge in [-0.25, -0.2) is 9.97 Å². The van der Waals surface area contributed by atoms with Crippen LogP contribution in [-0.2, 0) is 0 Å². The van der Waals surface area contributed by atoms with Gasteiger partial charge >= 0.3 is 0 Å². The molecule has 0 fully saturated rings. The average Bonchev–Trinajstić information content (AvgIpc) is 2.81. The van der Waals surface area contributed by atoms with Crippen LogP contribution >= 0.6 is 0 Å². The predicted molar refractivity (Wildman–Crippen MR) is 75.3 cm³/mol. The summed E-state index contributed by atoms with van der Waals surface area (Å²) in [6.07, 6.45) is 7.30. The highest BCUT2D eigenvalue weighted by Crippen LogP contribution is 2.23. The predicted octanol–water partition coefficient (Wildman–Crippen LogP) is 2.17. The summed E-state index contributed by atoms with van der Waals surface area (Å²) < 4.78 is 1.90. The van der Waals surface area contributed by atoms with Crippen LogP contribution in [0.2, 0.25) is 0 Å². The van der Waals surface area contributed by atoms with Gasteiger partial charge in [0.15, 0.2) is 0 Å². The van der Waals surface area contributed by atoms with Gasteiger partial charge < -0.3 is 4.90 Å². The van der Waals surface area contributed by atoms with Crippen LogP contribution in [0.25, 0.3) is 17.0 Å². The monoisotopic (exact) mass is 253 g/mol. The number of anilines is 1. The van der Waals surface area contributed by atoms with Gasteiger partial charge in [-0.15, -0.1) is 0 Å². The quantitative estimate of drug-likeness (QED) is 0.702. The molecule has 0 aliphatic carbocycles. The van der Waals surface area contributed by atoms with Crippen LogP contribution in [0.4, 0.5) is 5.69 Å². The first-order valence-corrected chi connectivity index (χ1v) is 6.08. The molecule has 0 saturated carbocycles. The highest BCUT2D eigenvalue weighted by atomic mass is 15.1. The van der Waals surface area contributed by atoms with Gasteiger partial charge in [0.2, 0.25) is 0 Å². The van der Waals surface area contributed by atoms with Crippen molar-refractivity contribution in [2.24, 2.45) is 0 Å². The van der Waals surface area contributed by atoms with Gasteiger partial charge in [0, 0.05) is 26.5 Å². The van der Waals surface area contributed by atoms with E-state index in [2.05, 4.69) is 32.8 Å². The summed E-state index contributed by atoms with van der Waals surface area (Å²) in [5.74, 6) is 0. The Morgan fingerprint density at radius 1 is 1.21 bits per heavy atom. The largest absolute Gasteiger partial charge is 0.376 e. The Labute approximate surface area is 111 Å². The third-order valence-electron chi connectivity index (χ3n) is 3.09. The van der Waals surface area contributed by atoms with E-state index in [0.717, 1.165) is 22.7 Å². The minimum Gasteiger partial charge on any atom is -0.376 e. The number of fused-ring (bicyclic) bond motifs is 1. The molecule has 0 aliphatic rings. The summed E-state index contributed by atoms with van der Waals surface area (Å²) in [5, 5.41) is 0. The molecule has 0 amide bonds. The van der Waals surface area contributed by atoms with E-state index >= 15 is 0 Å². The number of aromatic nitrogens is 4. The molecular formula is C14H15N5. The summed E-state index contributed by atoms with van der Waals surface area (Å²) in [6.45, 7) is 2.08. The number of aryl methyl sites for hydroxylation is 1. The van der Waals surface area contributed by atoms with Crippen LogP contribution in [0.15, 0.2) is 37.1 Å². The zero-order valence-electron chi connectivity index (χ0n) is 11.2. The minimum absolute atomic E-state index is 0.862. The van der Waals surface area contributed by atoms with Gasteiger partial charge in [0.25, 0.3) is 0 Å². The van der Waals surface area contributed by atoms with Gasteiger partial charge in [0.05, 0.1) is 17.6 Å². The molecule has 0 aliphatic heterocycles. The van der Waals surface area contributed by atoms with Gasteiger partial charge in [-0.05, 0) is 24.6 Å². The van der Waals surface area contributed by atoms with Crippen molar-refractivity contribution < 1.29 is 0 Å². The van der Waals surface area contributed by atoms with Crippen molar-refractivity contribution in [3.8, 4) is 11.4 Å². The lowest BCUT2D eigenvalue weighted by Crippen LogP contribution is -2.10. The molecule has 5 heteroatoms. The van der Waals surface area contributed by atoms with Crippen LogP contribution in [0, 0.1) is 6.92 Å². The molecule has 96 valence electrons. The molecule has 0 N–H and O–H groups in total. The van der Waals surface area contributed by atoms with E-state index in [1.54, 1.807) is 12.5 Å². The molecule has 19 heavy (non-hydrogen) atoms. The van der Waals surface area contributed by atoms with Gasteiger partial charge in [-0.2, -0.15) is 0 Å². The van der Waals surface area contributed by atoms with Crippen LogP contribution in [0.1, 0.15) is 5.56 Å². The number of rotatable bonds is 2. The SMILES string of the molecule is Cc1cc(-c2cn3cnccc3n2)ncc1N(C)C. The van der Waals surface area contributed by atoms with E-state index in [4.69, 9.17) is 0 Å². The second-order valence-corrected chi connectivity index (χ2v) is 4.72. The zero-order valence-corrected chi connectivity index (χ0v) is 11.2. The average molecular weight is 253 g/mol. The second kappa shape index (κ2) is 4.35. The lowest BCUT2D eigenvalue weighted by atomic mass is 10.2. The summed E-state index contributed by atoms with van der Waals surface area (Å²) in [5.41, 5.74) is 4.92. The molecule has 0 saturated heterocycles. The molecule has 3 aromatic rings. The fourth-order valence-corrected chi connectivity index (χ4v) is 2.12. The molecule has 0 spiro atoms. The maximum Gasteiger partial charge on any atom is 0.140 e. The topological polar surface area (TPSA) is 46.3 Å². The Kier molecular flexibility index (Phi) is 2.67. The standard InChI is InChI=1S/C14H15N5/c1-10-6-11(16-7-13(10)18(2)3)12-8-19-9-15-5-4-14(19)17-12/h4-9H,1-3H3. The van der Waals surface area contributed by atoms with Crippen LogP contribution in [0.5, 0.6) is 0 Å². The third-order valence-corrected chi connectivity index (χ3v) is 3.09. The molecule has 0 atom stereocenters. The van der Waals surface area contributed by atoms with Gasteiger partial charge in [-0.3, -0.25) is 9.38 Å². The number of nitrogens with zero attached hydrogens (tertiary/aromatic N) is 5. The normalized spacial score (nSPS) is 10.9. The molecule has 3 aromatic heterocycles. The summed E-state index contributed by atoms with van der Waals surface area (Å²) in [7, 11) is 4.03. The van der Waals surface area contributed by atoms with Crippen molar-refractivity contribution in [3.05, 3.63) is 42.6 Å². The molecule has 0 radical (unpaired) electrons. The van der Waals surface area contributed by atoms with E-state index in [-0.39, 0.29) is 0 Å². The van der Waals surface area contributed by atoms with Gasteiger partial charge in [-0.1, -0.05) is 0 Å². The maximum atomic E-state index is 4.55. The molecule has 0 unspecified atom stereocenters. The first-order valence-electron chi connectivity index (χ1n) is 6.08. The van der Waals surface area contributed by atoms with Gasteiger partial charge in [0.1, 0.15) is 17.7 Å². The number of hydrogen-bond donors (Lipinski definition) is 0. The molecule has 3 rings (SSSR count). The molecular weight excluding hydrogens is 238 g/mol. The smallest absolute Gasteiger partial charge is 0.140 e. The number of pyridine rings is 1. The lowest BCUT2D eigenvalue weighted by molar-refractivity contribution is 1.08. The minimum atomic E-state index is 0.862. The Balaban J connectivity index is 2.09. The van der Waals surface area contributed by atoms with Crippen LogP contribution < -0.4 is 4.90 Å². The van der Waals surface area contributed by atoms with E-state index < -0.39 is 0 Å². The fraction of sp³-hybridized carbons (Fsp3) is 0.214. The molecule has 5 nitrogen and oxygen atoms in total. The molecule has 0 aromatic carbocycles. The van der Waals surface area contributed by atoms with Crippen LogP contribution in [-0.4, -0.2) is 33.4 Å². The van der Waals surface area contributed by atoms with Crippen molar-refractivity contribution in [1.82, 2.24) is 19.4 Å². The Morgan fingerprint density at radius 3 is 2.74 bits per heavy atom. The van der Waals surface area contributed by atoms with E-state index in [0.29, 0.717) is 0 Å². The maximum absolute atomic E-state index is 4.55.